The average molecular weight is 702 g/mol. The Morgan fingerprint density at radius 1 is 1.04 bits per heavy atom. The van der Waals surface area contributed by atoms with E-state index in [2.05, 4.69) is 58.9 Å². The molecule has 0 saturated carbocycles. The standard InChI is InChI=1S/C40H52FN3O5Si/c1-12-13-22-47-31-20-16-28(17-21-31)24-32(42-37(46)48-38(2,3)4)36(45)44-26-40(8,9)34-33(44)25-29(23-27-14-18-30(41)19-15-27)35(43-34)49-50(10,11)39(5,6)7/h1,14-21,25,32H,13,22-24,26H2,2-11H3,(H,42,46)/t32-/m0/s1. The smallest absolute Gasteiger partial charge is 0.408 e. The van der Waals surface area contributed by atoms with E-state index in [-0.39, 0.29) is 23.2 Å². The maximum Gasteiger partial charge on any atom is 0.408 e. The van der Waals surface area contributed by atoms with E-state index in [1.54, 1.807) is 37.8 Å². The highest BCUT2D eigenvalue weighted by Gasteiger charge is 2.44. The summed E-state index contributed by atoms with van der Waals surface area (Å²) in [4.78, 5) is 34.6. The number of amides is 2. The number of anilines is 1. The Labute approximate surface area is 298 Å². The highest BCUT2D eigenvalue weighted by atomic mass is 28.4. The number of terminal acetylenes is 1. The van der Waals surface area contributed by atoms with Crippen molar-refractivity contribution in [3.63, 3.8) is 0 Å². The van der Waals surface area contributed by atoms with Crippen LogP contribution in [0.5, 0.6) is 11.6 Å². The first-order chi connectivity index (χ1) is 23.2. The molecule has 10 heteroatoms. The molecule has 0 unspecified atom stereocenters. The molecule has 0 saturated heterocycles. The Kier molecular flexibility index (Phi) is 11.4. The molecule has 0 bridgehead atoms. The maximum atomic E-state index is 14.6. The summed E-state index contributed by atoms with van der Waals surface area (Å²) in [5, 5.41) is 2.77. The number of halogens is 1. The number of benzene rings is 2. The van der Waals surface area contributed by atoms with Crippen molar-refractivity contribution in [2.45, 2.75) is 110 Å². The number of carbonyl (C=O) groups excluding carboxylic acids is 2. The molecular formula is C40H52FN3O5Si. The molecule has 2 heterocycles. The lowest BCUT2D eigenvalue weighted by molar-refractivity contribution is -0.120. The minimum Gasteiger partial charge on any atom is -0.530 e. The molecule has 0 spiro atoms. The quantitative estimate of drug-likeness (QED) is 0.123. The number of nitrogens with one attached hydrogen (secondary N) is 1. The Morgan fingerprint density at radius 3 is 2.24 bits per heavy atom. The summed E-state index contributed by atoms with van der Waals surface area (Å²) in [6.07, 6.45) is 5.80. The van der Waals surface area contributed by atoms with E-state index in [4.69, 9.17) is 25.3 Å². The van der Waals surface area contributed by atoms with Crippen LogP contribution in [0.3, 0.4) is 0 Å². The second-order valence-corrected chi connectivity index (χ2v) is 20.9. The SMILES string of the molecule is C#CCCOc1ccc(C[C@H](NC(=O)OC(C)(C)C)C(=O)N2CC(C)(C)c3nc(O[Si](C)(C)C(C)(C)C)c(Cc4ccc(F)cc4)cc32)cc1. The fourth-order valence-electron chi connectivity index (χ4n) is 5.44. The molecule has 4 rings (SSSR count). The molecule has 2 aromatic carbocycles. The molecule has 3 aromatic rings. The fourth-order valence-corrected chi connectivity index (χ4v) is 6.40. The van der Waals surface area contributed by atoms with Gasteiger partial charge in [0.2, 0.25) is 11.8 Å². The van der Waals surface area contributed by atoms with Crippen LogP contribution in [0.15, 0.2) is 54.6 Å². The Morgan fingerprint density at radius 2 is 1.66 bits per heavy atom. The monoisotopic (exact) mass is 701 g/mol. The van der Waals surface area contributed by atoms with Gasteiger partial charge in [0.1, 0.15) is 23.2 Å². The average Bonchev–Trinajstić information content (AvgIpc) is 3.26. The molecule has 0 radical (unpaired) electrons. The Balaban J connectivity index is 1.75. The van der Waals surface area contributed by atoms with Gasteiger partial charge in [-0.1, -0.05) is 58.9 Å². The lowest BCUT2D eigenvalue weighted by Crippen LogP contribution is -2.51. The zero-order valence-corrected chi connectivity index (χ0v) is 32.2. The molecular weight excluding hydrogens is 650 g/mol. The summed E-state index contributed by atoms with van der Waals surface area (Å²) in [5.74, 6) is 3.16. The van der Waals surface area contributed by atoms with E-state index in [0.717, 1.165) is 22.4 Å². The normalized spacial score (nSPS) is 14.7. The van der Waals surface area contributed by atoms with Crippen molar-refractivity contribution in [1.82, 2.24) is 10.3 Å². The van der Waals surface area contributed by atoms with Crippen LogP contribution in [0.4, 0.5) is 14.9 Å². The van der Waals surface area contributed by atoms with Gasteiger partial charge in [-0.05, 0) is 80.4 Å². The van der Waals surface area contributed by atoms with Gasteiger partial charge in [0.05, 0.1) is 18.0 Å². The van der Waals surface area contributed by atoms with Gasteiger partial charge in [-0.15, -0.1) is 12.3 Å². The molecule has 1 aromatic heterocycles. The Bertz CT molecular complexity index is 1720. The highest BCUT2D eigenvalue weighted by molar-refractivity contribution is 6.74. The number of carbonyl (C=O) groups is 2. The first kappa shape index (κ1) is 38.4. The van der Waals surface area contributed by atoms with E-state index in [0.29, 0.717) is 43.3 Å². The van der Waals surface area contributed by atoms with E-state index in [1.807, 2.05) is 30.3 Å². The van der Waals surface area contributed by atoms with Crippen molar-refractivity contribution in [1.29, 1.82) is 0 Å². The fraction of sp³-hybridized carbons (Fsp3) is 0.475. The van der Waals surface area contributed by atoms with Crippen LogP contribution < -0.4 is 19.4 Å². The molecule has 2 amide bonds. The first-order valence-corrected chi connectivity index (χ1v) is 20.0. The van der Waals surface area contributed by atoms with Gasteiger partial charge in [-0.2, -0.15) is 0 Å². The summed E-state index contributed by atoms with van der Waals surface area (Å²) in [5.41, 5.74) is 2.65. The van der Waals surface area contributed by atoms with Gasteiger partial charge in [0.25, 0.3) is 8.32 Å². The number of fused-ring (bicyclic) bond motifs is 1. The lowest BCUT2D eigenvalue weighted by atomic mass is 9.91. The van der Waals surface area contributed by atoms with E-state index in [9.17, 15) is 14.0 Å². The first-order valence-electron chi connectivity index (χ1n) is 17.1. The van der Waals surface area contributed by atoms with Gasteiger partial charge in [-0.25, -0.2) is 14.2 Å². The topological polar surface area (TPSA) is 90.0 Å². The van der Waals surface area contributed by atoms with Crippen LogP contribution in [0.1, 0.15) is 84.2 Å². The predicted octanol–water partition coefficient (Wildman–Crippen LogP) is 8.36. The van der Waals surface area contributed by atoms with E-state index in [1.165, 1.54) is 12.1 Å². The summed E-state index contributed by atoms with van der Waals surface area (Å²) in [6, 6.07) is 14.8. The lowest BCUT2D eigenvalue weighted by Gasteiger charge is -2.36. The van der Waals surface area contributed by atoms with Gasteiger partial charge in [0, 0.05) is 36.8 Å². The molecule has 50 heavy (non-hydrogen) atoms. The number of ether oxygens (including phenoxy) is 2. The van der Waals surface area contributed by atoms with Crippen molar-refractivity contribution in [3.05, 3.63) is 82.8 Å². The van der Waals surface area contributed by atoms with Crippen molar-refractivity contribution in [2.24, 2.45) is 0 Å². The zero-order valence-electron chi connectivity index (χ0n) is 31.2. The Hall–Kier alpha value is -4.36. The van der Waals surface area contributed by atoms with E-state index >= 15 is 0 Å². The minimum atomic E-state index is -2.32. The van der Waals surface area contributed by atoms with Crippen molar-refractivity contribution in [2.75, 3.05) is 18.1 Å². The number of aromatic nitrogens is 1. The molecule has 0 aliphatic carbocycles. The van der Waals surface area contributed by atoms with Crippen LogP contribution in [-0.2, 0) is 27.8 Å². The second kappa shape index (κ2) is 14.9. The molecule has 1 aliphatic rings. The van der Waals surface area contributed by atoms with Gasteiger partial charge < -0.3 is 24.1 Å². The third-order valence-electron chi connectivity index (χ3n) is 9.13. The number of alkyl carbamates (subject to hydrolysis) is 1. The van der Waals surface area contributed by atoms with Crippen molar-refractivity contribution < 1.29 is 27.9 Å². The van der Waals surface area contributed by atoms with Crippen LogP contribution in [0.25, 0.3) is 0 Å². The number of nitrogens with zero attached hydrogens (tertiary/aromatic N) is 2. The second-order valence-electron chi connectivity index (χ2n) is 16.1. The number of rotatable bonds is 11. The zero-order chi connectivity index (χ0) is 37.1. The summed E-state index contributed by atoms with van der Waals surface area (Å²) >= 11 is 0. The largest absolute Gasteiger partial charge is 0.530 e. The third-order valence-corrected chi connectivity index (χ3v) is 13.4. The minimum absolute atomic E-state index is 0.0785. The molecule has 1 N–H and O–H groups in total. The van der Waals surface area contributed by atoms with Crippen molar-refractivity contribution in [3.8, 4) is 24.0 Å². The van der Waals surface area contributed by atoms with E-state index < -0.39 is 31.5 Å². The molecule has 1 aliphatic heterocycles. The summed E-state index contributed by atoms with van der Waals surface area (Å²) in [6.45, 7) is 21.1. The third kappa shape index (κ3) is 9.66. The number of hydrogen-bond donors (Lipinski definition) is 1. The molecule has 1 atom stereocenters. The molecule has 0 fully saturated rings. The summed E-state index contributed by atoms with van der Waals surface area (Å²) in [7, 11) is -2.32. The number of hydrogen-bond acceptors (Lipinski definition) is 6. The molecule has 8 nitrogen and oxygen atoms in total. The van der Waals surface area contributed by atoms with Crippen LogP contribution in [0, 0.1) is 18.2 Å². The maximum absolute atomic E-state index is 14.6. The van der Waals surface area contributed by atoms with Crippen LogP contribution in [0.2, 0.25) is 18.1 Å². The van der Waals surface area contributed by atoms with Gasteiger partial charge in [-0.3, -0.25) is 4.79 Å². The van der Waals surface area contributed by atoms with Crippen molar-refractivity contribution >= 4 is 26.0 Å². The van der Waals surface area contributed by atoms with Crippen LogP contribution in [-0.4, -0.2) is 50.1 Å². The number of pyridine rings is 1. The van der Waals surface area contributed by atoms with Gasteiger partial charge >= 0.3 is 6.09 Å². The van der Waals surface area contributed by atoms with Gasteiger partial charge in [0.15, 0.2) is 0 Å². The highest BCUT2D eigenvalue weighted by Crippen LogP contribution is 2.44. The molecule has 268 valence electrons. The predicted molar refractivity (Wildman–Crippen MR) is 199 cm³/mol. The summed E-state index contributed by atoms with van der Waals surface area (Å²) < 4.78 is 31.9. The van der Waals surface area contributed by atoms with Crippen LogP contribution >= 0.6 is 0 Å².